The summed E-state index contributed by atoms with van der Waals surface area (Å²) in [6, 6.07) is 0. The molecule has 7 heteroatoms. The number of aliphatic hydroxyl groups excluding tert-OH is 1. The summed E-state index contributed by atoms with van der Waals surface area (Å²) in [6.07, 6.45) is -10.9. The number of hydrogen-bond donors (Lipinski definition) is 1. The van der Waals surface area contributed by atoms with Gasteiger partial charge in [-0.2, -0.15) is 13.2 Å². The van der Waals surface area contributed by atoms with E-state index in [9.17, 15) is 22.4 Å². The zero-order chi connectivity index (χ0) is 10.5. The van der Waals surface area contributed by atoms with Gasteiger partial charge in [-0.25, -0.2) is 4.39 Å². The van der Waals surface area contributed by atoms with E-state index in [1.54, 1.807) is 0 Å². The van der Waals surface area contributed by atoms with Crippen molar-refractivity contribution in [1.82, 2.24) is 0 Å². The van der Waals surface area contributed by atoms with Crippen molar-refractivity contribution >= 4 is 6.29 Å². The Hall–Kier alpha value is -0.690. The normalized spacial score (nSPS) is 16.7. The first kappa shape index (κ1) is 12.3. The van der Waals surface area contributed by atoms with Crippen LogP contribution < -0.4 is 0 Å². The van der Waals surface area contributed by atoms with E-state index in [4.69, 9.17) is 5.11 Å². The number of aldehydes is 1. The van der Waals surface area contributed by atoms with E-state index in [1.165, 1.54) is 0 Å². The second-order valence-corrected chi connectivity index (χ2v) is 2.16. The Bertz CT molecular complexity index is 156. The van der Waals surface area contributed by atoms with Crippen LogP contribution in [0.5, 0.6) is 0 Å². The molecule has 0 amide bonds. The molecule has 0 aliphatic heterocycles. The first-order valence-electron chi connectivity index (χ1n) is 3.33. The lowest BCUT2D eigenvalue weighted by atomic mass is 10.3. The Kier molecular flexibility index (Phi) is 4.86. The highest BCUT2D eigenvalue weighted by Crippen LogP contribution is 2.25. The number of ether oxygens (including phenoxy) is 1. The summed E-state index contributed by atoms with van der Waals surface area (Å²) in [4.78, 5) is 9.69. The third-order valence-corrected chi connectivity index (χ3v) is 1.11. The van der Waals surface area contributed by atoms with Crippen LogP contribution in [0.2, 0.25) is 0 Å². The molecule has 0 aliphatic carbocycles. The van der Waals surface area contributed by atoms with Gasteiger partial charge in [0, 0.05) is 6.42 Å². The van der Waals surface area contributed by atoms with Gasteiger partial charge in [-0.15, -0.1) is 0 Å². The molecule has 3 nitrogen and oxygen atoms in total. The monoisotopic (exact) mass is 204 g/mol. The van der Waals surface area contributed by atoms with Gasteiger partial charge in [-0.05, 0) is 0 Å². The quantitative estimate of drug-likeness (QED) is 0.409. The predicted octanol–water partition coefficient (Wildman–Crippen LogP) is 0.811. The lowest BCUT2D eigenvalue weighted by molar-refractivity contribution is -0.265. The Morgan fingerprint density at radius 2 is 2.00 bits per heavy atom. The van der Waals surface area contributed by atoms with Crippen molar-refractivity contribution in [3.05, 3.63) is 0 Å². The van der Waals surface area contributed by atoms with Crippen molar-refractivity contribution in [3.63, 3.8) is 0 Å². The molecule has 0 aromatic carbocycles. The standard InChI is InChI=1S/C6H8F4O3/c7-5(12)4(6(8,9)10)13-3-1-2-11/h2,4-5,12H,1,3H2. The molecule has 0 heterocycles. The second kappa shape index (κ2) is 5.13. The number of carbonyl (C=O) groups is 1. The Balaban J connectivity index is 4.03. The van der Waals surface area contributed by atoms with Gasteiger partial charge in [0.15, 0.2) is 0 Å². The predicted molar refractivity (Wildman–Crippen MR) is 33.6 cm³/mol. The molecule has 0 saturated heterocycles. The van der Waals surface area contributed by atoms with Crippen LogP contribution in [0.3, 0.4) is 0 Å². The third-order valence-electron chi connectivity index (χ3n) is 1.11. The Morgan fingerprint density at radius 3 is 2.31 bits per heavy atom. The maximum Gasteiger partial charge on any atom is 0.419 e. The molecule has 78 valence electrons. The van der Waals surface area contributed by atoms with Crippen LogP contribution in [0.4, 0.5) is 17.6 Å². The van der Waals surface area contributed by atoms with Gasteiger partial charge in [0.1, 0.15) is 6.29 Å². The lowest BCUT2D eigenvalue weighted by Gasteiger charge is -2.20. The van der Waals surface area contributed by atoms with Crippen LogP contribution in [0.1, 0.15) is 6.42 Å². The largest absolute Gasteiger partial charge is 0.419 e. The number of aliphatic hydroxyl groups is 1. The van der Waals surface area contributed by atoms with Gasteiger partial charge in [-0.1, -0.05) is 0 Å². The van der Waals surface area contributed by atoms with Crippen molar-refractivity contribution < 1.29 is 32.2 Å². The van der Waals surface area contributed by atoms with Gasteiger partial charge in [-0.3, -0.25) is 0 Å². The molecule has 0 saturated carbocycles. The fourth-order valence-electron chi connectivity index (χ4n) is 0.573. The first-order valence-corrected chi connectivity index (χ1v) is 3.33. The average molecular weight is 204 g/mol. The Morgan fingerprint density at radius 1 is 1.46 bits per heavy atom. The van der Waals surface area contributed by atoms with Crippen LogP contribution in [-0.4, -0.2) is 36.6 Å². The summed E-state index contributed by atoms with van der Waals surface area (Å²) >= 11 is 0. The van der Waals surface area contributed by atoms with E-state index >= 15 is 0 Å². The minimum Gasteiger partial charge on any atom is -0.363 e. The summed E-state index contributed by atoms with van der Waals surface area (Å²) in [5.74, 6) is 0. The van der Waals surface area contributed by atoms with E-state index in [1.807, 2.05) is 0 Å². The molecular formula is C6H8F4O3. The Labute approximate surface area is 71.3 Å². The molecule has 13 heavy (non-hydrogen) atoms. The second-order valence-electron chi connectivity index (χ2n) is 2.16. The van der Waals surface area contributed by atoms with Crippen molar-refractivity contribution in [3.8, 4) is 0 Å². The van der Waals surface area contributed by atoms with E-state index in [-0.39, 0.29) is 6.42 Å². The van der Waals surface area contributed by atoms with Gasteiger partial charge in [0.2, 0.25) is 12.5 Å². The number of carbonyl (C=O) groups excluding carboxylic acids is 1. The zero-order valence-electron chi connectivity index (χ0n) is 6.42. The molecule has 0 aromatic heterocycles. The number of alkyl halides is 4. The highest BCUT2D eigenvalue weighted by Gasteiger charge is 2.45. The number of hydrogen-bond acceptors (Lipinski definition) is 3. The molecule has 2 unspecified atom stereocenters. The molecule has 0 bridgehead atoms. The van der Waals surface area contributed by atoms with Gasteiger partial charge in [0.05, 0.1) is 6.61 Å². The van der Waals surface area contributed by atoms with Crippen molar-refractivity contribution in [2.75, 3.05) is 6.61 Å². The summed E-state index contributed by atoms with van der Waals surface area (Å²) < 4.78 is 51.2. The van der Waals surface area contributed by atoms with Gasteiger partial charge < -0.3 is 14.6 Å². The van der Waals surface area contributed by atoms with E-state index in [0.717, 1.165) is 0 Å². The van der Waals surface area contributed by atoms with Crippen LogP contribution in [-0.2, 0) is 9.53 Å². The number of halogens is 4. The molecule has 0 fully saturated rings. The fraction of sp³-hybridized carbons (Fsp3) is 0.833. The topological polar surface area (TPSA) is 46.5 Å². The minimum atomic E-state index is -4.98. The van der Waals surface area contributed by atoms with E-state index < -0.39 is 25.2 Å². The number of rotatable bonds is 5. The van der Waals surface area contributed by atoms with Crippen molar-refractivity contribution in [2.45, 2.75) is 25.1 Å². The summed E-state index contributed by atoms with van der Waals surface area (Å²) in [5.41, 5.74) is 0. The maximum atomic E-state index is 11.9. The zero-order valence-corrected chi connectivity index (χ0v) is 6.42. The SMILES string of the molecule is O=CCCOC(C(O)F)C(F)(F)F. The van der Waals surface area contributed by atoms with Crippen LogP contribution in [0, 0.1) is 0 Å². The van der Waals surface area contributed by atoms with Crippen LogP contribution in [0.25, 0.3) is 0 Å². The van der Waals surface area contributed by atoms with Crippen LogP contribution >= 0.6 is 0 Å². The van der Waals surface area contributed by atoms with Gasteiger partial charge >= 0.3 is 6.18 Å². The fourth-order valence-corrected chi connectivity index (χ4v) is 0.573. The molecule has 1 N–H and O–H groups in total. The van der Waals surface area contributed by atoms with Gasteiger partial charge in [0.25, 0.3) is 0 Å². The van der Waals surface area contributed by atoms with Crippen LogP contribution in [0.15, 0.2) is 0 Å². The molecule has 0 aromatic rings. The van der Waals surface area contributed by atoms with E-state index in [0.29, 0.717) is 6.29 Å². The molecule has 2 atom stereocenters. The minimum absolute atomic E-state index is 0.278. The average Bonchev–Trinajstić information content (AvgIpc) is 1.94. The molecular weight excluding hydrogens is 196 g/mol. The highest BCUT2D eigenvalue weighted by atomic mass is 19.4. The summed E-state index contributed by atoms with van der Waals surface area (Å²) in [7, 11) is 0. The molecule has 0 radical (unpaired) electrons. The molecule has 0 spiro atoms. The summed E-state index contributed by atoms with van der Waals surface area (Å²) in [5, 5.41) is 8.05. The maximum absolute atomic E-state index is 11.9. The smallest absolute Gasteiger partial charge is 0.363 e. The van der Waals surface area contributed by atoms with E-state index in [2.05, 4.69) is 4.74 Å². The van der Waals surface area contributed by atoms with Crippen molar-refractivity contribution in [2.24, 2.45) is 0 Å². The summed E-state index contributed by atoms with van der Waals surface area (Å²) in [6.45, 7) is -0.575. The molecule has 0 aliphatic rings. The lowest BCUT2D eigenvalue weighted by Crippen LogP contribution is -2.40. The molecule has 0 rings (SSSR count). The first-order chi connectivity index (χ1) is 5.89. The highest BCUT2D eigenvalue weighted by molar-refractivity contribution is 5.49. The van der Waals surface area contributed by atoms with Crippen molar-refractivity contribution in [1.29, 1.82) is 0 Å². The third kappa shape index (κ3) is 4.79.